The second-order valence-corrected chi connectivity index (χ2v) is 6.86. The van der Waals surface area contributed by atoms with Crippen LogP contribution in [0, 0.1) is 4.77 Å². The second kappa shape index (κ2) is 4.14. The Kier molecular flexibility index (Phi) is 2.75. The molecule has 90 valence electrons. The Hall–Kier alpha value is -0.810. The third-order valence-corrected chi connectivity index (χ3v) is 5.17. The van der Waals surface area contributed by atoms with E-state index in [1.807, 2.05) is 18.3 Å². The number of nitrogens with zero attached hydrogens (tertiary/aromatic N) is 2. The fourth-order valence-electron chi connectivity index (χ4n) is 2.43. The van der Waals surface area contributed by atoms with Gasteiger partial charge in [-0.2, -0.15) is 11.8 Å². The number of aromatic nitrogens is 3. The molecule has 2 aromatic heterocycles. The summed E-state index contributed by atoms with van der Waals surface area (Å²) in [6, 6.07) is 3.96. The lowest BCUT2D eigenvalue weighted by atomic mass is 10.1. The Morgan fingerprint density at radius 3 is 3.29 bits per heavy atom. The van der Waals surface area contributed by atoms with Crippen LogP contribution < -0.4 is 0 Å². The Labute approximate surface area is 110 Å². The Balaban J connectivity index is 2.05. The maximum absolute atomic E-state index is 5.40. The summed E-state index contributed by atoms with van der Waals surface area (Å²) >= 11 is 7.45. The predicted molar refractivity (Wildman–Crippen MR) is 75.0 cm³/mol. The summed E-state index contributed by atoms with van der Waals surface area (Å²) in [4.78, 5) is 7.66. The minimum absolute atomic E-state index is 0.310. The molecule has 1 aliphatic rings. The molecular formula is C12H15N3S2. The number of fused-ring (bicyclic) bond motifs is 1. The molecule has 1 saturated heterocycles. The topological polar surface area (TPSA) is 33.6 Å². The van der Waals surface area contributed by atoms with E-state index in [0.717, 1.165) is 22.5 Å². The molecule has 3 rings (SSSR count). The minimum atomic E-state index is 0.310. The molecular weight excluding hydrogens is 250 g/mol. The maximum Gasteiger partial charge on any atom is 0.179 e. The van der Waals surface area contributed by atoms with E-state index in [1.54, 1.807) is 0 Å². The molecule has 3 nitrogen and oxygen atoms in total. The van der Waals surface area contributed by atoms with E-state index in [1.165, 1.54) is 18.6 Å². The zero-order valence-electron chi connectivity index (χ0n) is 9.77. The van der Waals surface area contributed by atoms with Gasteiger partial charge in [-0.25, -0.2) is 4.98 Å². The van der Waals surface area contributed by atoms with E-state index in [4.69, 9.17) is 12.2 Å². The number of pyridine rings is 1. The van der Waals surface area contributed by atoms with Gasteiger partial charge in [0.1, 0.15) is 0 Å². The maximum atomic E-state index is 5.40. The standard InChI is InChI=1S/C12H15N3S2/c1-12(5-3-7-17-12)8-15-10-9(14-11(15)16)4-2-6-13-10/h2,4,6H,3,5,7-8H2,1H3,(H,14,16). The van der Waals surface area contributed by atoms with Crippen LogP contribution in [-0.2, 0) is 6.54 Å². The van der Waals surface area contributed by atoms with Gasteiger partial charge in [-0.1, -0.05) is 0 Å². The van der Waals surface area contributed by atoms with Gasteiger partial charge < -0.3 is 9.55 Å². The molecule has 0 aromatic carbocycles. The molecule has 1 N–H and O–H groups in total. The van der Waals surface area contributed by atoms with Gasteiger partial charge >= 0.3 is 0 Å². The lowest BCUT2D eigenvalue weighted by molar-refractivity contribution is 0.513. The average molecular weight is 265 g/mol. The van der Waals surface area contributed by atoms with E-state index in [0.29, 0.717) is 4.75 Å². The Morgan fingerprint density at radius 1 is 1.65 bits per heavy atom. The van der Waals surface area contributed by atoms with Crippen LogP contribution in [-0.4, -0.2) is 25.0 Å². The van der Waals surface area contributed by atoms with Gasteiger partial charge in [0.2, 0.25) is 0 Å². The highest BCUT2D eigenvalue weighted by Crippen LogP contribution is 2.39. The second-order valence-electron chi connectivity index (χ2n) is 4.79. The van der Waals surface area contributed by atoms with Crippen molar-refractivity contribution in [3.8, 4) is 0 Å². The van der Waals surface area contributed by atoms with Crippen LogP contribution in [0.15, 0.2) is 18.3 Å². The van der Waals surface area contributed by atoms with Crippen LogP contribution in [0.25, 0.3) is 11.2 Å². The normalized spacial score (nSPS) is 24.5. The fraction of sp³-hybridized carbons (Fsp3) is 0.500. The molecule has 0 aliphatic carbocycles. The number of imidazole rings is 1. The minimum Gasteiger partial charge on any atom is -0.329 e. The van der Waals surface area contributed by atoms with Gasteiger partial charge in [0, 0.05) is 17.5 Å². The summed E-state index contributed by atoms with van der Waals surface area (Å²) in [5.41, 5.74) is 2.01. The molecule has 5 heteroatoms. The number of hydrogen-bond donors (Lipinski definition) is 1. The van der Waals surface area contributed by atoms with Gasteiger partial charge in [0.25, 0.3) is 0 Å². The summed E-state index contributed by atoms with van der Waals surface area (Å²) in [5, 5.41) is 0. The lowest BCUT2D eigenvalue weighted by Gasteiger charge is -2.23. The van der Waals surface area contributed by atoms with Crippen molar-refractivity contribution in [3.05, 3.63) is 23.1 Å². The van der Waals surface area contributed by atoms with Crippen molar-refractivity contribution in [1.29, 1.82) is 0 Å². The third-order valence-electron chi connectivity index (χ3n) is 3.32. The predicted octanol–water partition coefficient (Wildman–Crippen LogP) is 3.38. The zero-order chi connectivity index (χ0) is 11.9. The average Bonchev–Trinajstić information content (AvgIpc) is 2.86. The first-order valence-electron chi connectivity index (χ1n) is 5.85. The van der Waals surface area contributed by atoms with Crippen molar-refractivity contribution < 1.29 is 0 Å². The van der Waals surface area contributed by atoms with Crippen LogP contribution in [0.4, 0.5) is 0 Å². The molecule has 1 atom stereocenters. The van der Waals surface area contributed by atoms with Gasteiger partial charge in [0.15, 0.2) is 10.4 Å². The van der Waals surface area contributed by atoms with Crippen LogP contribution in [0.5, 0.6) is 0 Å². The number of H-pyrrole nitrogens is 1. The molecule has 0 saturated carbocycles. The first kappa shape index (κ1) is 11.3. The Morgan fingerprint density at radius 2 is 2.53 bits per heavy atom. The van der Waals surface area contributed by atoms with Crippen molar-refractivity contribution in [3.63, 3.8) is 0 Å². The number of rotatable bonds is 2. The zero-order valence-corrected chi connectivity index (χ0v) is 11.4. The van der Waals surface area contributed by atoms with Crippen LogP contribution in [0.2, 0.25) is 0 Å². The Bertz CT molecular complexity index is 593. The summed E-state index contributed by atoms with van der Waals surface area (Å²) in [7, 11) is 0. The van der Waals surface area contributed by atoms with Crippen molar-refractivity contribution >= 4 is 35.1 Å². The van der Waals surface area contributed by atoms with Crippen molar-refractivity contribution in [2.45, 2.75) is 31.1 Å². The quantitative estimate of drug-likeness (QED) is 0.845. The van der Waals surface area contributed by atoms with E-state index < -0.39 is 0 Å². The molecule has 0 spiro atoms. The van der Waals surface area contributed by atoms with Crippen LogP contribution >= 0.6 is 24.0 Å². The summed E-state index contributed by atoms with van der Waals surface area (Å²) in [6.07, 6.45) is 4.40. The number of nitrogens with one attached hydrogen (secondary N) is 1. The molecule has 0 bridgehead atoms. The van der Waals surface area contributed by atoms with Crippen molar-refractivity contribution in [2.75, 3.05) is 5.75 Å². The van der Waals surface area contributed by atoms with Crippen LogP contribution in [0.1, 0.15) is 19.8 Å². The largest absolute Gasteiger partial charge is 0.329 e. The van der Waals surface area contributed by atoms with E-state index in [-0.39, 0.29) is 0 Å². The SMILES string of the molecule is CC1(Cn2c(=S)[nH]c3cccnc32)CCCS1. The first-order valence-corrected chi connectivity index (χ1v) is 7.25. The highest BCUT2D eigenvalue weighted by Gasteiger charge is 2.30. The van der Waals surface area contributed by atoms with Gasteiger partial charge in [-0.15, -0.1) is 0 Å². The van der Waals surface area contributed by atoms with E-state index in [2.05, 4.69) is 33.2 Å². The summed E-state index contributed by atoms with van der Waals surface area (Å²) in [6.45, 7) is 3.28. The fourth-order valence-corrected chi connectivity index (χ4v) is 3.98. The number of aromatic amines is 1. The molecule has 1 aliphatic heterocycles. The molecule has 0 radical (unpaired) electrons. The first-order chi connectivity index (χ1) is 8.18. The number of hydrogen-bond acceptors (Lipinski definition) is 3. The molecule has 1 unspecified atom stereocenters. The molecule has 1 fully saturated rings. The lowest BCUT2D eigenvalue weighted by Crippen LogP contribution is -2.23. The molecule has 0 amide bonds. The van der Waals surface area contributed by atoms with E-state index in [9.17, 15) is 0 Å². The molecule has 17 heavy (non-hydrogen) atoms. The highest BCUT2D eigenvalue weighted by atomic mass is 32.2. The molecule has 3 heterocycles. The van der Waals surface area contributed by atoms with Crippen LogP contribution in [0.3, 0.4) is 0 Å². The third kappa shape index (κ3) is 2.02. The van der Waals surface area contributed by atoms with Crippen molar-refractivity contribution in [1.82, 2.24) is 14.5 Å². The molecule has 2 aromatic rings. The number of thioether (sulfide) groups is 1. The van der Waals surface area contributed by atoms with Gasteiger partial charge in [-0.05, 0) is 49.9 Å². The smallest absolute Gasteiger partial charge is 0.179 e. The van der Waals surface area contributed by atoms with Gasteiger partial charge in [0.05, 0.1) is 5.52 Å². The van der Waals surface area contributed by atoms with Crippen molar-refractivity contribution in [2.24, 2.45) is 0 Å². The monoisotopic (exact) mass is 265 g/mol. The highest BCUT2D eigenvalue weighted by molar-refractivity contribution is 8.00. The van der Waals surface area contributed by atoms with Gasteiger partial charge in [-0.3, -0.25) is 0 Å². The van der Waals surface area contributed by atoms with E-state index >= 15 is 0 Å². The summed E-state index contributed by atoms with van der Waals surface area (Å²) in [5.74, 6) is 1.26. The summed E-state index contributed by atoms with van der Waals surface area (Å²) < 4.78 is 3.24.